The first-order valence-electron chi connectivity index (χ1n) is 5.79. The normalized spacial score (nSPS) is 21.6. The van der Waals surface area contributed by atoms with E-state index in [2.05, 4.69) is 32.9 Å². The van der Waals surface area contributed by atoms with Crippen LogP contribution in [-0.4, -0.2) is 34.6 Å². The largest absolute Gasteiger partial charge is 0.486 e. The van der Waals surface area contributed by atoms with Crippen LogP contribution in [0.3, 0.4) is 0 Å². The Hall–Kier alpha value is -0.630. The molecule has 1 aromatic rings. The fourth-order valence-electron chi connectivity index (χ4n) is 1.81. The number of hydrogen-bond acceptors (Lipinski definition) is 5. The SMILES string of the molecule is IC[C@H]1CN=C(Nc2ccc3c(c2)OCCO3)S1. The van der Waals surface area contributed by atoms with Crippen molar-refractivity contribution in [3.05, 3.63) is 18.2 Å². The number of amidine groups is 1. The number of thioether (sulfide) groups is 1. The summed E-state index contributed by atoms with van der Waals surface area (Å²) in [6.07, 6.45) is 0. The molecular weight excluding hydrogens is 363 g/mol. The molecular formula is C12H13IN2O2S. The zero-order chi connectivity index (χ0) is 12.4. The number of nitrogens with zero attached hydrogens (tertiary/aromatic N) is 1. The van der Waals surface area contributed by atoms with Gasteiger partial charge in [0, 0.05) is 21.4 Å². The lowest BCUT2D eigenvalue weighted by atomic mass is 10.2. The van der Waals surface area contributed by atoms with Crippen LogP contribution >= 0.6 is 34.4 Å². The molecule has 0 saturated heterocycles. The van der Waals surface area contributed by atoms with Crippen molar-refractivity contribution in [2.24, 2.45) is 4.99 Å². The van der Waals surface area contributed by atoms with Gasteiger partial charge in [-0.2, -0.15) is 0 Å². The highest BCUT2D eigenvalue weighted by Gasteiger charge is 2.19. The molecule has 0 spiro atoms. The van der Waals surface area contributed by atoms with E-state index in [1.807, 2.05) is 18.2 Å². The van der Waals surface area contributed by atoms with Gasteiger partial charge in [-0.15, -0.1) is 0 Å². The van der Waals surface area contributed by atoms with Crippen LogP contribution < -0.4 is 14.8 Å². The number of halogens is 1. The molecule has 6 heteroatoms. The first-order chi connectivity index (χ1) is 8.85. The van der Waals surface area contributed by atoms with Crippen molar-refractivity contribution in [3.63, 3.8) is 0 Å². The summed E-state index contributed by atoms with van der Waals surface area (Å²) >= 11 is 4.20. The predicted octanol–water partition coefficient (Wildman–Crippen LogP) is 2.78. The summed E-state index contributed by atoms with van der Waals surface area (Å²) in [5.74, 6) is 1.62. The Labute approximate surface area is 124 Å². The molecule has 1 N–H and O–H groups in total. The van der Waals surface area contributed by atoms with Crippen molar-refractivity contribution in [2.75, 3.05) is 29.5 Å². The minimum atomic E-state index is 0.602. The molecule has 96 valence electrons. The maximum absolute atomic E-state index is 5.56. The third-order valence-electron chi connectivity index (χ3n) is 2.68. The zero-order valence-electron chi connectivity index (χ0n) is 9.69. The van der Waals surface area contributed by atoms with Crippen molar-refractivity contribution < 1.29 is 9.47 Å². The molecule has 0 fully saturated rings. The summed E-state index contributed by atoms with van der Waals surface area (Å²) in [5, 5.41) is 4.93. The van der Waals surface area contributed by atoms with Crippen LogP contribution in [-0.2, 0) is 0 Å². The van der Waals surface area contributed by atoms with E-state index in [0.29, 0.717) is 18.5 Å². The highest BCUT2D eigenvalue weighted by Crippen LogP contribution is 2.33. The predicted molar refractivity (Wildman–Crippen MR) is 83.6 cm³/mol. The van der Waals surface area contributed by atoms with Crippen LogP contribution in [0.15, 0.2) is 23.2 Å². The minimum Gasteiger partial charge on any atom is -0.486 e. The summed E-state index contributed by atoms with van der Waals surface area (Å²) in [6, 6.07) is 5.90. The van der Waals surface area contributed by atoms with Gasteiger partial charge < -0.3 is 14.8 Å². The third-order valence-corrected chi connectivity index (χ3v) is 5.45. The lowest BCUT2D eigenvalue weighted by molar-refractivity contribution is 0.171. The standard InChI is InChI=1S/C12H13IN2O2S/c13-6-9-7-14-12(18-9)15-8-1-2-10-11(5-8)17-4-3-16-10/h1-2,5,9H,3-4,6-7H2,(H,14,15)/t9-/m0/s1. The van der Waals surface area contributed by atoms with E-state index in [9.17, 15) is 0 Å². The van der Waals surface area contributed by atoms with Gasteiger partial charge in [-0.05, 0) is 12.1 Å². The van der Waals surface area contributed by atoms with Crippen molar-refractivity contribution in [2.45, 2.75) is 5.25 Å². The van der Waals surface area contributed by atoms with Crippen LogP contribution in [0.2, 0.25) is 0 Å². The van der Waals surface area contributed by atoms with Gasteiger partial charge >= 0.3 is 0 Å². The van der Waals surface area contributed by atoms with Gasteiger partial charge in [0.1, 0.15) is 13.2 Å². The van der Waals surface area contributed by atoms with E-state index >= 15 is 0 Å². The second-order valence-electron chi connectivity index (χ2n) is 4.02. The van der Waals surface area contributed by atoms with Crippen LogP contribution in [0.5, 0.6) is 11.5 Å². The van der Waals surface area contributed by atoms with Crippen molar-refractivity contribution in [3.8, 4) is 11.5 Å². The summed E-state index contributed by atoms with van der Waals surface area (Å²) in [7, 11) is 0. The van der Waals surface area contributed by atoms with Crippen LogP contribution in [0.1, 0.15) is 0 Å². The molecule has 3 rings (SSSR count). The van der Waals surface area contributed by atoms with E-state index in [1.165, 1.54) is 0 Å². The van der Waals surface area contributed by atoms with Crippen molar-refractivity contribution in [1.82, 2.24) is 0 Å². The Morgan fingerprint density at radius 3 is 2.94 bits per heavy atom. The number of rotatable bonds is 2. The monoisotopic (exact) mass is 376 g/mol. The first-order valence-corrected chi connectivity index (χ1v) is 8.19. The van der Waals surface area contributed by atoms with Gasteiger partial charge in [0.25, 0.3) is 0 Å². The average molecular weight is 376 g/mol. The molecule has 0 radical (unpaired) electrons. The molecule has 0 bridgehead atoms. The molecule has 18 heavy (non-hydrogen) atoms. The number of anilines is 1. The Balaban J connectivity index is 1.70. The maximum atomic E-state index is 5.56. The number of ether oxygens (including phenoxy) is 2. The number of hydrogen-bond donors (Lipinski definition) is 1. The first kappa shape index (κ1) is 12.4. The molecule has 4 nitrogen and oxygen atoms in total. The zero-order valence-corrected chi connectivity index (χ0v) is 12.7. The van der Waals surface area contributed by atoms with E-state index in [4.69, 9.17) is 9.47 Å². The number of alkyl halides is 1. The van der Waals surface area contributed by atoms with Crippen molar-refractivity contribution in [1.29, 1.82) is 0 Å². The second-order valence-corrected chi connectivity index (χ2v) is 6.19. The summed E-state index contributed by atoms with van der Waals surface area (Å²) in [6.45, 7) is 2.14. The molecule has 0 aliphatic carbocycles. The van der Waals surface area contributed by atoms with Crippen molar-refractivity contribution >= 4 is 45.2 Å². The minimum absolute atomic E-state index is 0.602. The number of benzene rings is 1. The van der Waals surface area contributed by atoms with Crippen LogP contribution in [0, 0.1) is 0 Å². The Morgan fingerprint density at radius 2 is 2.17 bits per heavy atom. The highest BCUT2D eigenvalue weighted by molar-refractivity contribution is 14.1. The van der Waals surface area contributed by atoms with Crippen LogP contribution in [0.25, 0.3) is 0 Å². The molecule has 2 aliphatic heterocycles. The second kappa shape index (κ2) is 5.56. The molecule has 0 unspecified atom stereocenters. The highest BCUT2D eigenvalue weighted by atomic mass is 127. The Kier molecular flexibility index (Phi) is 3.83. The number of nitrogens with one attached hydrogen (secondary N) is 1. The molecule has 0 aromatic heterocycles. The molecule has 0 saturated carbocycles. The van der Waals surface area contributed by atoms with Gasteiger partial charge in [0.2, 0.25) is 0 Å². The van der Waals surface area contributed by atoms with Gasteiger partial charge in [-0.3, -0.25) is 4.99 Å². The third kappa shape index (κ3) is 2.69. The van der Waals surface area contributed by atoms with E-state index in [-0.39, 0.29) is 0 Å². The fraction of sp³-hybridized carbons (Fsp3) is 0.417. The molecule has 2 aliphatic rings. The quantitative estimate of drug-likeness (QED) is 0.637. The lowest BCUT2D eigenvalue weighted by Gasteiger charge is -2.19. The van der Waals surface area contributed by atoms with Crippen LogP contribution in [0.4, 0.5) is 5.69 Å². The van der Waals surface area contributed by atoms with Gasteiger partial charge in [-0.25, -0.2) is 0 Å². The van der Waals surface area contributed by atoms with E-state index in [0.717, 1.165) is 33.3 Å². The topological polar surface area (TPSA) is 42.9 Å². The molecule has 1 aromatic carbocycles. The van der Waals surface area contributed by atoms with E-state index in [1.54, 1.807) is 11.8 Å². The fourth-order valence-corrected chi connectivity index (χ4v) is 3.48. The number of aliphatic imine (C=N–C) groups is 1. The Bertz CT molecular complexity index is 481. The number of fused-ring (bicyclic) bond motifs is 1. The van der Waals surface area contributed by atoms with Gasteiger partial charge in [0.15, 0.2) is 16.7 Å². The average Bonchev–Trinajstić information content (AvgIpc) is 2.86. The summed E-state index contributed by atoms with van der Waals surface area (Å²) in [5.41, 5.74) is 1.000. The van der Waals surface area contributed by atoms with Gasteiger partial charge in [-0.1, -0.05) is 34.4 Å². The maximum Gasteiger partial charge on any atom is 0.163 e. The smallest absolute Gasteiger partial charge is 0.163 e. The molecule has 0 amide bonds. The molecule has 1 atom stereocenters. The Morgan fingerprint density at radius 1 is 1.33 bits per heavy atom. The summed E-state index contributed by atoms with van der Waals surface area (Å²) < 4.78 is 12.2. The molecule has 2 heterocycles. The van der Waals surface area contributed by atoms with E-state index < -0.39 is 0 Å². The van der Waals surface area contributed by atoms with Gasteiger partial charge in [0.05, 0.1) is 6.54 Å². The summed E-state index contributed by atoms with van der Waals surface area (Å²) in [4.78, 5) is 4.49. The lowest BCUT2D eigenvalue weighted by Crippen LogP contribution is -2.15.